The first-order valence-corrected chi connectivity index (χ1v) is 7.66. The lowest BCUT2D eigenvalue weighted by Gasteiger charge is -2.25. The number of hydrogen-bond donors (Lipinski definition) is 1. The molecular formula is C15H22BrF3N2. The van der Waals surface area contributed by atoms with Crippen molar-refractivity contribution >= 4 is 21.6 Å². The molecule has 0 heterocycles. The fourth-order valence-corrected chi connectivity index (χ4v) is 2.35. The average molecular weight is 367 g/mol. The second kappa shape index (κ2) is 7.01. The summed E-state index contributed by atoms with van der Waals surface area (Å²) < 4.78 is 38.5. The molecule has 0 unspecified atom stereocenters. The third kappa shape index (κ3) is 6.70. The van der Waals surface area contributed by atoms with Crippen LogP contribution in [0.1, 0.15) is 33.3 Å². The highest BCUT2D eigenvalue weighted by Gasteiger charge is 2.30. The van der Waals surface area contributed by atoms with Crippen molar-refractivity contribution in [1.82, 2.24) is 5.32 Å². The van der Waals surface area contributed by atoms with Gasteiger partial charge in [-0.3, -0.25) is 0 Å². The van der Waals surface area contributed by atoms with Gasteiger partial charge in [0.1, 0.15) is 6.54 Å². The van der Waals surface area contributed by atoms with Gasteiger partial charge < -0.3 is 10.2 Å². The van der Waals surface area contributed by atoms with Crippen LogP contribution in [-0.2, 0) is 6.54 Å². The molecule has 0 aliphatic carbocycles. The van der Waals surface area contributed by atoms with E-state index in [1.54, 1.807) is 19.1 Å². The number of anilines is 1. The Hall–Kier alpha value is -0.750. The smallest absolute Gasteiger partial charge is 0.363 e. The standard InChI is InChI=1S/C15H22BrF3N2/c1-5-21(10-15(17,18)19)12-7-6-11(13(16)8-12)9-20-14(2,3)4/h6-8,20H,5,9-10H2,1-4H3. The van der Waals surface area contributed by atoms with Gasteiger partial charge in [0.05, 0.1) is 0 Å². The minimum absolute atomic E-state index is 0.0101. The van der Waals surface area contributed by atoms with Gasteiger partial charge in [0.25, 0.3) is 0 Å². The fourth-order valence-electron chi connectivity index (χ4n) is 1.84. The number of nitrogens with one attached hydrogen (secondary N) is 1. The van der Waals surface area contributed by atoms with Crippen LogP contribution in [0.5, 0.6) is 0 Å². The Morgan fingerprint density at radius 3 is 2.24 bits per heavy atom. The Labute approximate surface area is 132 Å². The van der Waals surface area contributed by atoms with Crippen LogP contribution in [0.3, 0.4) is 0 Å². The topological polar surface area (TPSA) is 15.3 Å². The highest BCUT2D eigenvalue weighted by atomic mass is 79.9. The second-order valence-electron chi connectivity index (χ2n) is 6.01. The van der Waals surface area contributed by atoms with E-state index in [1.807, 2.05) is 6.07 Å². The second-order valence-corrected chi connectivity index (χ2v) is 6.86. The van der Waals surface area contributed by atoms with Crippen LogP contribution in [0, 0.1) is 0 Å². The molecule has 0 aliphatic heterocycles. The SMILES string of the molecule is CCN(CC(F)(F)F)c1ccc(CNC(C)(C)C)c(Br)c1. The quantitative estimate of drug-likeness (QED) is 0.810. The summed E-state index contributed by atoms with van der Waals surface area (Å²) in [6.45, 7) is 7.96. The number of halogens is 4. The zero-order chi connectivity index (χ0) is 16.3. The van der Waals surface area contributed by atoms with Crippen molar-refractivity contribution in [3.05, 3.63) is 28.2 Å². The fraction of sp³-hybridized carbons (Fsp3) is 0.600. The summed E-state index contributed by atoms with van der Waals surface area (Å²) in [5, 5.41) is 3.36. The van der Waals surface area contributed by atoms with Crippen molar-refractivity contribution < 1.29 is 13.2 Å². The van der Waals surface area contributed by atoms with E-state index in [1.165, 1.54) is 4.90 Å². The Morgan fingerprint density at radius 2 is 1.81 bits per heavy atom. The van der Waals surface area contributed by atoms with Gasteiger partial charge in [-0.25, -0.2) is 0 Å². The first kappa shape index (κ1) is 18.3. The number of hydrogen-bond acceptors (Lipinski definition) is 2. The highest BCUT2D eigenvalue weighted by Crippen LogP contribution is 2.27. The molecule has 0 bridgehead atoms. The Balaban J connectivity index is 2.85. The van der Waals surface area contributed by atoms with Gasteiger partial charge in [0, 0.05) is 28.8 Å². The maximum Gasteiger partial charge on any atom is 0.405 e. The molecule has 0 atom stereocenters. The van der Waals surface area contributed by atoms with Crippen LogP contribution in [0.25, 0.3) is 0 Å². The van der Waals surface area contributed by atoms with Gasteiger partial charge in [-0.05, 0) is 45.4 Å². The molecule has 1 rings (SSSR count). The first-order valence-electron chi connectivity index (χ1n) is 6.87. The van der Waals surface area contributed by atoms with Crippen LogP contribution >= 0.6 is 15.9 Å². The van der Waals surface area contributed by atoms with E-state index in [2.05, 4.69) is 42.0 Å². The van der Waals surface area contributed by atoms with E-state index in [9.17, 15) is 13.2 Å². The minimum Gasteiger partial charge on any atom is -0.363 e. The van der Waals surface area contributed by atoms with Crippen molar-refractivity contribution in [3.8, 4) is 0 Å². The van der Waals surface area contributed by atoms with Gasteiger partial charge in [-0.15, -0.1) is 0 Å². The molecule has 0 fully saturated rings. The van der Waals surface area contributed by atoms with E-state index in [0.29, 0.717) is 18.8 Å². The molecule has 1 N–H and O–H groups in total. The van der Waals surface area contributed by atoms with Gasteiger partial charge in [-0.1, -0.05) is 22.0 Å². The van der Waals surface area contributed by atoms with E-state index in [0.717, 1.165) is 10.0 Å². The third-order valence-corrected chi connectivity index (χ3v) is 3.70. The molecule has 2 nitrogen and oxygen atoms in total. The molecule has 6 heteroatoms. The summed E-state index contributed by atoms with van der Waals surface area (Å²) in [5.41, 5.74) is 1.59. The Kier molecular flexibility index (Phi) is 6.11. The van der Waals surface area contributed by atoms with Gasteiger partial charge in [0.15, 0.2) is 0 Å². The summed E-state index contributed by atoms with van der Waals surface area (Å²) in [4.78, 5) is 1.31. The van der Waals surface area contributed by atoms with Crippen LogP contribution in [0.4, 0.5) is 18.9 Å². The van der Waals surface area contributed by atoms with Crippen molar-refractivity contribution in [3.63, 3.8) is 0 Å². The third-order valence-electron chi connectivity index (χ3n) is 2.96. The molecule has 0 aromatic heterocycles. The molecule has 1 aromatic carbocycles. The lowest BCUT2D eigenvalue weighted by molar-refractivity contribution is -0.119. The largest absolute Gasteiger partial charge is 0.405 e. The summed E-state index contributed by atoms with van der Waals surface area (Å²) >= 11 is 3.44. The Morgan fingerprint density at radius 1 is 1.19 bits per heavy atom. The molecule has 0 saturated carbocycles. The van der Waals surface area contributed by atoms with Gasteiger partial charge >= 0.3 is 6.18 Å². The monoisotopic (exact) mass is 366 g/mol. The lowest BCUT2D eigenvalue weighted by Crippen LogP contribution is -2.35. The van der Waals surface area contributed by atoms with Crippen LogP contribution < -0.4 is 10.2 Å². The van der Waals surface area contributed by atoms with E-state index in [-0.39, 0.29) is 5.54 Å². The maximum absolute atomic E-state index is 12.5. The molecule has 0 aliphatic rings. The highest BCUT2D eigenvalue weighted by molar-refractivity contribution is 9.10. The molecule has 0 amide bonds. The molecular weight excluding hydrogens is 345 g/mol. The molecule has 0 saturated heterocycles. The number of rotatable bonds is 5. The number of alkyl halides is 3. The zero-order valence-corrected chi connectivity index (χ0v) is 14.4. The summed E-state index contributed by atoms with van der Waals surface area (Å²) in [7, 11) is 0. The lowest BCUT2D eigenvalue weighted by atomic mass is 10.1. The van der Waals surface area contributed by atoms with Crippen LogP contribution in [0.2, 0.25) is 0 Å². The average Bonchev–Trinajstić information content (AvgIpc) is 2.32. The first-order chi connectivity index (χ1) is 9.52. The summed E-state index contributed by atoms with van der Waals surface area (Å²) in [6, 6.07) is 5.34. The van der Waals surface area contributed by atoms with Crippen molar-refractivity contribution in [2.45, 2.75) is 46.0 Å². The van der Waals surface area contributed by atoms with Gasteiger partial charge in [-0.2, -0.15) is 13.2 Å². The number of nitrogens with zero attached hydrogens (tertiary/aromatic N) is 1. The molecule has 21 heavy (non-hydrogen) atoms. The predicted octanol–water partition coefficient (Wildman–Crippen LogP) is 4.73. The van der Waals surface area contributed by atoms with E-state index >= 15 is 0 Å². The van der Waals surface area contributed by atoms with Crippen molar-refractivity contribution in [2.75, 3.05) is 18.0 Å². The van der Waals surface area contributed by atoms with E-state index < -0.39 is 12.7 Å². The molecule has 1 aromatic rings. The number of benzene rings is 1. The minimum atomic E-state index is -4.20. The Bertz CT molecular complexity index is 467. The predicted molar refractivity (Wildman–Crippen MR) is 84.7 cm³/mol. The van der Waals surface area contributed by atoms with E-state index in [4.69, 9.17) is 0 Å². The van der Waals surface area contributed by atoms with Crippen LogP contribution in [-0.4, -0.2) is 24.8 Å². The van der Waals surface area contributed by atoms with Crippen LogP contribution in [0.15, 0.2) is 22.7 Å². The zero-order valence-electron chi connectivity index (χ0n) is 12.8. The van der Waals surface area contributed by atoms with Gasteiger partial charge in [0.2, 0.25) is 0 Å². The van der Waals surface area contributed by atoms with Crippen molar-refractivity contribution in [2.24, 2.45) is 0 Å². The molecule has 0 spiro atoms. The normalized spacial score (nSPS) is 12.6. The summed E-state index contributed by atoms with van der Waals surface area (Å²) in [6.07, 6.45) is -4.20. The van der Waals surface area contributed by atoms with Crippen molar-refractivity contribution in [1.29, 1.82) is 0 Å². The molecule has 0 radical (unpaired) electrons. The summed E-state index contributed by atoms with van der Waals surface area (Å²) in [5.74, 6) is 0. The maximum atomic E-state index is 12.5. The molecule has 120 valence electrons.